The molecule has 0 aliphatic carbocycles. The number of nitrogens with zero attached hydrogens (tertiary/aromatic N) is 1. The van der Waals surface area contributed by atoms with Crippen LogP contribution in [-0.4, -0.2) is 9.94 Å². The Kier molecular flexibility index (Phi) is 4.47. The highest BCUT2D eigenvalue weighted by molar-refractivity contribution is 7.85. The predicted octanol–water partition coefficient (Wildman–Crippen LogP) is 4.34. The quantitative estimate of drug-likeness (QED) is 0.427. The van der Waals surface area contributed by atoms with E-state index in [4.69, 9.17) is 0 Å². The molecule has 134 valence electrons. The Hall–Kier alpha value is -3.03. The molecule has 3 nitrogen and oxygen atoms in total. The van der Waals surface area contributed by atoms with Crippen molar-refractivity contribution in [1.82, 2.24) is 4.73 Å². The van der Waals surface area contributed by atoms with Crippen LogP contribution < -0.4 is 15.9 Å². The van der Waals surface area contributed by atoms with Crippen molar-refractivity contribution in [1.29, 1.82) is 0 Å². The van der Waals surface area contributed by atoms with Crippen LogP contribution in [0.15, 0.2) is 97.2 Å². The fourth-order valence-electron chi connectivity index (χ4n) is 3.49. The molecule has 1 aromatic heterocycles. The molecule has 4 heteroatoms. The molecule has 1 heterocycles. The molecule has 0 spiro atoms. The van der Waals surface area contributed by atoms with Crippen molar-refractivity contribution in [3.05, 3.63) is 103 Å². The molecule has 0 amide bonds. The Bertz CT molecular complexity index is 1060. The van der Waals surface area contributed by atoms with Gasteiger partial charge < -0.3 is 9.77 Å². The summed E-state index contributed by atoms with van der Waals surface area (Å²) >= 11 is 0. The minimum absolute atomic E-state index is 0.588. The molecule has 3 aromatic carbocycles. The normalized spacial score (nSPS) is 11.4. The van der Waals surface area contributed by atoms with Crippen molar-refractivity contribution < 1.29 is 9.77 Å². The number of aromatic nitrogens is 1. The summed E-state index contributed by atoms with van der Waals surface area (Å²) in [6.45, 7) is 1.81. The first kappa shape index (κ1) is 17.4. The summed E-state index contributed by atoms with van der Waals surface area (Å²) in [5.41, 5.74) is 2.30. The molecular weight excluding hydrogens is 353 g/mol. The van der Waals surface area contributed by atoms with Gasteiger partial charge in [-0.05, 0) is 12.5 Å². The van der Waals surface area contributed by atoms with Crippen LogP contribution in [0.3, 0.4) is 0 Å². The molecule has 0 saturated heterocycles. The number of rotatable bonds is 4. The molecule has 27 heavy (non-hydrogen) atoms. The monoisotopic (exact) mass is 373 g/mol. The van der Waals surface area contributed by atoms with Crippen LogP contribution in [0.25, 0.3) is 11.1 Å². The van der Waals surface area contributed by atoms with Gasteiger partial charge in [0.2, 0.25) is 0 Å². The summed E-state index contributed by atoms with van der Waals surface area (Å²) in [5, 5.41) is 12.6. The molecule has 0 bridgehead atoms. The highest BCUT2D eigenvalue weighted by atomic mass is 31.2. The average molecular weight is 373 g/mol. The maximum atomic E-state index is 14.7. The lowest BCUT2D eigenvalue weighted by Gasteiger charge is -2.21. The van der Waals surface area contributed by atoms with Crippen LogP contribution >= 0.6 is 7.14 Å². The lowest BCUT2D eigenvalue weighted by molar-refractivity contribution is 0.182. The second-order valence-electron chi connectivity index (χ2n) is 6.47. The average Bonchev–Trinajstić information content (AvgIpc) is 3.04. The van der Waals surface area contributed by atoms with E-state index >= 15 is 0 Å². The summed E-state index contributed by atoms with van der Waals surface area (Å²) in [4.78, 5) is 0. The summed E-state index contributed by atoms with van der Waals surface area (Å²) in [7, 11) is -3.18. The van der Waals surface area contributed by atoms with Crippen molar-refractivity contribution >= 4 is 23.1 Å². The van der Waals surface area contributed by atoms with Gasteiger partial charge in [-0.1, -0.05) is 91.0 Å². The summed E-state index contributed by atoms with van der Waals surface area (Å²) in [6, 6.07) is 28.8. The summed E-state index contributed by atoms with van der Waals surface area (Å²) < 4.78 is 15.8. The van der Waals surface area contributed by atoms with Crippen molar-refractivity contribution in [3.8, 4) is 11.1 Å². The van der Waals surface area contributed by atoms with Gasteiger partial charge in [0.1, 0.15) is 0 Å². The first-order valence-corrected chi connectivity index (χ1v) is 10.5. The Morgan fingerprint density at radius 2 is 1.19 bits per heavy atom. The molecule has 0 radical (unpaired) electrons. The van der Waals surface area contributed by atoms with Gasteiger partial charge in [-0.15, -0.1) is 0 Å². The minimum atomic E-state index is -3.18. The second-order valence-corrected chi connectivity index (χ2v) is 9.17. The Morgan fingerprint density at radius 3 is 1.67 bits per heavy atom. The van der Waals surface area contributed by atoms with E-state index in [0.717, 1.165) is 26.5 Å². The van der Waals surface area contributed by atoms with Crippen LogP contribution in [0.1, 0.15) is 5.69 Å². The predicted molar refractivity (Wildman–Crippen MR) is 111 cm³/mol. The molecule has 1 N–H and O–H groups in total. The Balaban J connectivity index is 2.08. The number of hydrogen-bond acceptors (Lipinski definition) is 2. The molecule has 0 fully saturated rings. The van der Waals surface area contributed by atoms with E-state index in [1.54, 1.807) is 13.1 Å². The van der Waals surface area contributed by atoms with E-state index in [-0.39, 0.29) is 0 Å². The van der Waals surface area contributed by atoms with E-state index in [9.17, 15) is 9.77 Å². The molecule has 0 atom stereocenters. The zero-order valence-corrected chi connectivity index (χ0v) is 15.9. The third kappa shape index (κ3) is 2.90. The van der Waals surface area contributed by atoms with Gasteiger partial charge in [-0.3, -0.25) is 0 Å². The lowest BCUT2D eigenvalue weighted by atomic mass is 10.1. The molecule has 0 aliphatic heterocycles. The van der Waals surface area contributed by atoms with Crippen LogP contribution in [0.2, 0.25) is 0 Å². The molecule has 0 saturated carbocycles. The zero-order valence-electron chi connectivity index (χ0n) is 15.0. The topological polar surface area (TPSA) is 42.2 Å². The summed E-state index contributed by atoms with van der Waals surface area (Å²) in [5.74, 6) is 0. The number of benzene rings is 3. The highest BCUT2D eigenvalue weighted by Gasteiger charge is 2.35. The number of hydrogen-bond donors (Lipinski definition) is 1. The minimum Gasteiger partial charge on any atom is -0.429 e. The fraction of sp³-hybridized carbons (Fsp3) is 0.0435. The Morgan fingerprint density at radius 1 is 0.741 bits per heavy atom. The fourth-order valence-corrected chi connectivity index (χ4v) is 6.58. The van der Waals surface area contributed by atoms with Crippen molar-refractivity contribution in [2.45, 2.75) is 6.92 Å². The van der Waals surface area contributed by atoms with Crippen LogP contribution in [-0.2, 0) is 4.57 Å². The Labute approximate surface area is 158 Å². The van der Waals surface area contributed by atoms with Crippen molar-refractivity contribution in [2.75, 3.05) is 0 Å². The molecule has 0 aliphatic rings. The first-order valence-electron chi connectivity index (χ1n) is 8.81. The van der Waals surface area contributed by atoms with E-state index in [2.05, 4.69) is 0 Å². The van der Waals surface area contributed by atoms with Gasteiger partial charge in [-0.2, -0.15) is 4.73 Å². The van der Waals surface area contributed by atoms with Crippen LogP contribution in [0, 0.1) is 6.92 Å². The first-order chi connectivity index (χ1) is 13.1. The van der Waals surface area contributed by atoms with Crippen LogP contribution in [0.4, 0.5) is 0 Å². The van der Waals surface area contributed by atoms with E-state index in [0.29, 0.717) is 11.0 Å². The van der Waals surface area contributed by atoms with Gasteiger partial charge in [0.15, 0.2) is 7.14 Å². The zero-order chi connectivity index (χ0) is 18.9. The molecular formula is C23H20NO2P. The van der Waals surface area contributed by atoms with E-state index < -0.39 is 7.14 Å². The van der Waals surface area contributed by atoms with E-state index in [1.165, 1.54) is 0 Å². The van der Waals surface area contributed by atoms with Gasteiger partial charge in [-0.25, -0.2) is 0 Å². The third-order valence-electron chi connectivity index (χ3n) is 4.83. The maximum absolute atomic E-state index is 14.7. The van der Waals surface area contributed by atoms with Gasteiger partial charge in [0.25, 0.3) is 0 Å². The molecule has 4 aromatic rings. The van der Waals surface area contributed by atoms with Crippen molar-refractivity contribution in [3.63, 3.8) is 0 Å². The van der Waals surface area contributed by atoms with Gasteiger partial charge in [0, 0.05) is 16.2 Å². The summed E-state index contributed by atoms with van der Waals surface area (Å²) in [6.07, 6.45) is 1.65. The van der Waals surface area contributed by atoms with Gasteiger partial charge in [0.05, 0.1) is 17.2 Å². The van der Waals surface area contributed by atoms with Crippen LogP contribution in [0.5, 0.6) is 0 Å². The standard InChI is InChI=1S/C23H20NO2P/c1-18-23(22(17-24(18)25)19-11-5-2-6-12-19)27(26,20-13-7-3-8-14-20)21-15-9-4-10-16-21/h2-17,25H,1H3. The second kappa shape index (κ2) is 6.94. The van der Waals surface area contributed by atoms with E-state index in [1.807, 2.05) is 91.0 Å². The molecule has 0 unspecified atom stereocenters. The maximum Gasteiger partial charge on any atom is 0.173 e. The van der Waals surface area contributed by atoms with Crippen molar-refractivity contribution in [2.24, 2.45) is 0 Å². The molecule has 4 rings (SSSR count). The highest BCUT2D eigenvalue weighted by Crippen LogP contribution is 2.46. The lowest BCUT2D eigenvalue weighted by Crippen LogP contribution is -2.27. The smallest absolute Gasteiger partial charge is 0.173 e. The largest absolute Gasteiger partial charge is 0.429 e. The SMILES string of the molecule is Cc1c(P(=O)(c2ccccc2)c2ccccc2)c(-c2ccccc2)cn1O. The van der Waals surface area contributed by atoms with Gasteiger partial charge >= 0.3 is 0 Å². The third-order valence-corrected chi connectivity index (χ3v) is 8.08.